The van der Waals surface area contributed by atoms with Crippen LogP contribution in [0.4, 0.5) is 0 Å². The first-order valence-corrected chi connectivity index (χ1v) is 6.24. The van der Waals surface area contributed by atoms with Crippen LogP contribution >= 0.6 is 0 Å². The van der Waals surface area contributed by atoms with E-state index in [9.17, 15) is 0 Å². The molecule has 0 radical (unpaired) electrons. The third-order valence-corrected chi connectivity index (χ3v) is 4.55. The van der Waals surface area contributed by atoms with E-state index in [0.29, 0.717) is 11.3 Å². The van der Waals surface area contributed by atoms with Crippen molar-refractivity contribution in [3.63, 3.8) is 0 Å². The predicted octanol–water partition coefficient (Wildman–Crippen LogP) is 5.15. The predicted molar refractivity (Wildman–Crippen MR) is 70.9 cm³/mol. The molecule has 0 bridgehead atoms. The summed E-state index contributed by atoms with van der Waals surface area (Å²) >= 11 is 0. The van der Waals surface area contributed by atoms with E-state index in [1.165, 1.54) is 5.57 Å². The Kier molecular flexibility index (Phi) is 5.09. The maximum absolute atomic E-state index is 4.08. The second-order valence-corrected chi connectivity index (χ2v) is 6.51. The molecule has 0 rings (SSSR count). The lowest BCUT2D eigenvalue weighted by molar-refractivity contribution is 0.127. The fourth-order valence-corrected chi connectivity index (χ4v) is 2.15. The third-order valence-electron chi connectivity index (χ3n) is 4.55. The summed E-state index contributed by atoms with van der Waals surface area (Å²) in [4.78, 5) is 0. The van der Waals surface area contributed by atoms with Crippen molar-refractivity contribution in [3.8, 4) is 0 Å². The van der Waals surface area contributed by atoms with Crippen molar-refractivity contribution < 1.29 is 0 Å². The zero-order valence-electron chi connectivity index (χ0n) is 12.0. The van der Waals surface area contributed by atoms with Gasteiger partial charge in [-0.3, -0.25) is 0 Å². The summed E-state index contributed by atoms with van der Waals surface area (Å²) in [6.45, 7) is 22.7. The van der Waals surface area contributed by atoms with Crippen molar-refractivity contribution >= 4 is 0 Å². The highest BCUT2D eigenvalue weighted by atomic mass is 14.4. The van der Waals surface area contributed by atoms with Crippen LogP contribution in [-0.4, -0.2) is 0 Å². The van der Waals surface area contributed by atoms with Gasteiger partial charge in [0.1, 0.15) is 0 Å². The molecule has 0 aliphatic heterocycles. The van der Waals surface area contributed by atoms with Gasteiger partial charge in [0.25, 0.3) is 0 Å². The van der Waals surface area contributed by atoms with Crippen LogP contribution in [0.3, 0.4) is 0 Å². The molecular formula is C15H30. The average molecular weight is 210 g/mol. The lowest BCUT2D eigenvalue weighted by Gasteiger charge is -2.38. The van der Waals surface area contributed by atoms with Crippen LogP contribution in [-0.2, 0) is 0 Å². The molecule has 15 heavy (non-hydrogen) atoms. The van der Waals surface area contributed by atoms with Crippen LogP contribution in [0, 0.1) is 29.1 Å². The number of rotatable bonds is 4. The number of allylic oxidation sites excluding steroid dienone is 1. The summed E-state index contributed by atoms with van der Waals surface area (Å²) in [6, 6.07) is 0. The maximum Gasteiger partial charge on any atom is -0.0209 e. The standard InChI is InChI=1S/C15H30/c1-10(2)11(3)12(4)13(5)14(6)15(7,8)9/h11-14H,1H2,2-9H3. The molecule has 0 aliphatic carbocycles. The van der Waals surface area contributed by atoms with Gasteiger partial charge in [0, 0.05) is 0 Å². The van der Waals surface area contributed by atoms with Crippen molar-refractivity contribution in [1.29, 1.82) is 0 Å². The van der Waals surface area contributed by atoms with Gasteiger partial charge in [0.2, 0.25) is 0 Å². The number of hydrogen-bond acceptors (Lipinski definition) is 0. The first kappa shape index (κ1) is 14.7. The van der Waals surface area contributed by atoms with Gasteiger partial charge >= 0.3 is 0 Å². The molecule has 0 aliphatic rings. The minimum Gasteiger partial charge on any atom is -0.0999 e. The molecule has 0 fully saturated rings. The Morgan fingerprint density at radius 2 is 1.33 bits per heavy atom. The van der Waals surface area contributed by atoms with Crippen molar-refractivity contribution in [3.05, 3.63) is 12.2 Å². The first-order valence-electron chi connectivity index (χ1n) is 6.24. The molecule has 0 saturated heterocycles. The monoisotopic (exact) mass is 210 g/mol. The minimum atomic E-state index is 0.405. The Morgan fingerprint density at radius 3 is 1.60 bits per heavy atom. The van der Waals surface area contributed by atoms with Gasteiger partial charge in [-0.05, 0) is 36.0 Å². The van der Waals surface area contributed by atoms with E-state index >= 15 is 0 Å². The zero-order valence-corrected chi connectivity index (χ0v) is 12.0. The van der Waals surface area contributed by atoms with Crippen LogP contribution in [0.1, 0.15) is 55.4 Å². The van der Waals surface area contributed by atoms with Gasteiger partial charge in [-0.2, -0.15) is 0 Å². The highest BCUT2D eigenvalue weighted by Crippen LogP contribution is 2.38. The van der Waals surface area contributed by atoms with E-state index in [-0.39, 0.29) is 0 Å². The molecule has 90 valence electrons. The van der Waals surface area contributed by atoms with Crippen LogP contribution in [0.2, 0.25) is 0 Å². The molecule has 0 spiro atoms. The van der Waals surface area contributed by atoms with Crippen molar-refractivity contribution in [1.82, 2.24) is 0 Å². The van der Waals surface area contributed by atoms with E-state index in [0.717, 1.165) is 17.8 Å². The minimum absolute atomic E-state index is 0.405. The van der Waals surface area contributed by atoms with E-state index in [2.05, 4.69) is 62.0 Å². The topological polar surface area (TPSA) is 0 Å². The van der Waals surface area contributed by atoms with Gasteiger partial charge in [-0.15, -0.1) is 0 Å². The average Bonchev–Trinajstić information content (AvgIpc) is 2.11. The fourth-order valence-electron chi connectivity index (χ4n) is 2.15. The van der Waals surface area contributed by atoms with Gasteiger partial charge in [-0.1, -0.05) is 60.6 Å². The summed E-state index contributed by atoms with van der Waals surface area (Å²) in [6.07, 6.45) is 0. The summed E-state index contributed by atoms with van der Waals surface area (Å²) in [5.41, 5.74) is 1.72. The molecule has 0 N–H and O–H groups in total. The van der Waals surface area contributed by atoms with Gasteiger partial charge in [0.15, 0.2) is 0 Å². The van der Waals surface area contributed by atoms with Crippen LogP contribution in [0.25, 0.3) is 0 Å². The molecule has 0 amide bonds. The Morgan fingerprint density at radius 1 is 0.933 bits per heavy atom. The van der Waals surface area contributed by atoms with Crippen LogP contribution < -0.4 is 0 Å². The van der Waals surface area contributed by atoms with Crippen LogP contribution in [0.15, 0.2) is 12.2 Å². The van der Waals surface area contributed by atoms with Gasteiger partial charge < -0.3 is 0 Å². The van der Waals surface area contributed by atoms with E-state index in [1.807, 2.05) is 0 Å². The van der Waals surface area contributed by atoms with Crippen molar-refractivity contribution in [2.45, 2.75) is 55.4 Å². The molecule has 0 saturated carbocycles. The molecule has 4 unspecified atom stereocenters. The fraction of sp³-hybridized carbons (Fsp3) is 0.867. The largest absolute Gasteiger partial charge is 0.0999 e. The summed E-state index contributed by atoms with van der Waals surface area (Å²) < 4.78 is 0. The molecule has 0 heterocycles. The zero-order chi connectivity index (χ0) is 12.4. The lowest BCUT2D eigenvalue weighted by atomic mass is 9.68. The van der Waals surface area contributed by atoms with Crippen LogP contribution in [0.5, 0.6) is 0 Å². The Labute approximate surface area is 97.2 Å². The normalized spacial score (nSPS) is 20.5. The molecule has 4 atom stereocenters. The summed E-state index contributed by atoms with van der Waals surface area (Å²) in [7, 11) is 0. The van der Waals surface area contributed by atoms with Gasteiger partial charge in [0.05, 0.1) is 0 Å². The highest BCUT2D eigenvalue weighted by molar-refractivity contribution is 4.97. The molecular weight excluding hydrogens is 180 g/mol. The SMILES string of the molecule is C=C(C)C(C)C(C)C(C)C(C)C(C)(C)C. The van der Waals surface area contributed by atoms with E-state index in [4.69, 9.17) is 0 Å². The molecule has 0 nitrogen and oxygen atoms in total. The van der Waals surface area contributed by atoms with Crippen molar-refractivity contribution in [2.75, 3.05) is 0 Å². The third kappa shape index (κ3) is 4.01. The maximum atomic E-state index is 4.08. The van der Waals surface area contributed by atoms with Crippen molar-refractivity contribution in [2.24, 2.45) is 29.1 Å². The summed E-state index contributed by atoms with van der Waals surface area (Å²) in [5.74, 6) is 2.84. The Hall–Kier alpha value is -0.260. The summed E-state index contributed by atoms with van der Waals surface area (Å²) in [5, 5.41) is 0. The number of hydrogen-bond donors (Lipinski definition) is 0. The second kappa shape index (κ2) is 5.18. The smallest absolute Gasteiger partial charge is 0.0209 e. The molecule has 0 aromatic carbocycles. The highest BCUT2D eigenvalue weighted by Gasteiger charge is 2.30. The first-order chi connectivity index (χ1) is 6.59. The Bertz CT molecular complexity index is 207. The van der Waals surface area contributed by atoms with E-state index < -0.39 is 0 Å². The Balaban J connectivity index is 4.57. The lowest BCUT2D eigenvalue weighted by Crippen LogP contribution is -2.30. The second-order valence-electron chi connectivity index (χ2n) is 6.51. The quantitative estimate of drug-likeness (QED) is 0.563. The molecule has 0 aromatic heterocycles. The molecule has 0 aromatic rings. The van der Waals surface area contributed by atoms with Gasteiger partial charge in [-0.25, -0.2) is 0 Å². The molecule has 0 heteroatoms. The van der Waals surface area contributed by atoms with E-state index in [1.54, 1.807) is 0 Å².